The van der Waals surface area contributed by atoms with E-state index in [4.69, 9.17) is 26.2 Å². The maximum absolute atomic E-state index is 5.77. The Morgan fingerprint density at radius 3 is 2.69 bits per heavy atom. The van der Waals surface area contributed by atoms with Crippen molar-refractivity contribution >= 4 is 28.4 Å². The lowest BCUT2D eigenvalue weighted by Crippen LogP contribution is -1.84. The van der Waals surface area contributed by atoms with Gasteiger partial charge in [0.05, 0.1) is 5.69 Å². The van der Waals surface area contributed by atoms with Crippen molar-refractivity contribution in [2.75, 3.05) is 5.73 Å². The molecule has 0 amide bonds. The van der Waals surface area contributed by atoms with E-state index in [0.717, 1.165) is 0 Å². The molecule has 0 saturated heterocycles. The summed E-state index contributed by atoms with van der Waals surface area (Å²) in [7, 11) is 0. The summed E-state index contributed by atoms with van der Waals surface area (Å²) in [5, 5.41) is 0.297. The molecule has 5 heteroatoms. The Labute approximate surface area is 95.6 Å². The van der Waals surface area contributed by atoms with E-state index in [1.807, 2.05) is 6.07 Å². The lowest BCUT2D eigenvalue weighted by Gasteiger charge is -1.89. The quantitative estimate of drug-likeness (QED) is 0.656. The number of para-hydroxylation sites is 1. The normalized spacial score (nSPS) is 11.1. The number of hydrogen-bond donors (Lipinski definition) is 1. The SMILES string of the molecule is Nc1cccc2oc(-c3ccc(Cl)o3)nc12. The van der Waals surface area contributed by atoms with Crippen LogP contribution in [0.4, 0.5) is 5.69 Å². The van der Waals surface area contributed by atoms with E-state index in [0.29, 0.717) is 33.7 Å². The zero-order chi connectivity index (χ0) is 11.1. The van der Waals surface area contributed by atoms with Gasteiger partial charge in [-0.1, -0.05) is 6.07 Å². The highest BCUT2D eigenvalue weighted by Crippen LogP contribution is 2.29. The number of anilines is 1. The van der Waals surface area contributed by atoms with Crippen molar-refractivity contribution in [1.29, 1.82) is 0 Å². The van der Waals surface area contributed by atoms with Crippen LogP contribution >= 0.6 is 11.6 Å². The van der Waals surface area contributed by atoms with E-state index in [9.17, 15) is 0 Å². The predicted octanol–water partition coefficient (Wildman–Crippen LogP) is 3.32. The molecule has 1 aromatic carbocycles. The minimum atomic E-state index is 0.297. The average Bonchev–Trinajstić information content (AvgIpc) is 2.84. The number of furan rings is 1. The zero-order valence-corrected chi connectivity index (χ0v) is 8.86. The lowest BCUT2D eigenvalue weighted by molar-refractivity contribution is 0.536. The van der Waals surface area contributed by atoms with Crippen molar-refractivity contribution in [2.45, 2.75) is 0 Å². The van der Waals surface area contributed by atoms with Crippen molar-refractivity contribution in [2.24, 2.45) is 0 Å². The van der Waals surface area contributed by atoms with Gasteiger partial charge in [-0.05, 0) is 35.9 Å². The van der Waals surface area contributed by atoms with Crippen LogP contribution in [0.15, 0.2) is 39.2 Å². The number of halogens is 1. The van der Waals surface area contributed by atoms with Gasteiger partial charge in [-0.15, -0.1) is 0 Å². The summed E-state index contributed by atoms with van der Waals surface area (Å²) in [6.07, 6.45) is 0. The molecule has 16 heavy (non-hydrogen) atoms. The van der Waals surface area contributed by atoms with Crippen LogP contribution in [0.1, 0.15) is 0 Å². The molecular formula is C11H7ClN2O2. The Balaban J connectivity index is 2.22. The number of nitrogens with zero attached hydrogens (tertiary/aromatic N) is 1. The highest BCUT2D eigenvalue weighted by atomic mass is 35.5. The molecule has 0 aliphatic rings. The van der Waals surface area contributed by atoms with Crippen LogP contribution in [0.25, 0.3) is 22.8 Å². The molecular weight excluding hydrogens is 228 g/mol. The summed E-state index contributed by atoms with van der Waals surface area (Å²) in [6.45, 7) is 0. The van der Waals surface area contributed by atoms with Crippen LogP contribution in [-0.4, -0.2) is 4.98 Å². The van der Waals surface area contributed by atoms with Gasteiger partial charge < -0.3 is 14.6 Å². The minimum Gasteiger partial charge on any atom is -0.440 e. The maximum atomic E-state index is 5.77. The Morgan fingerprint density at radius 2 is 2.00 bits per heavy atom. The van der Waals surface area contributed by atoms with E-state index in [-0.39, 0.29) is 0 Å². The first-order valence-corrected chi connectivity index (χ1v) is 5.02. The number of fused-ring (bicyclic) bond motifs is 1. The van der Waals surface area contributed by atoms with Gasteiger partial charge in [0.25, 0.3) is 5.89 Å². The van der Waals surface area contributed by atoms with Crippen LogP contribution in [-0.2, 0) is 0 Å². The third-order valence-corrected chi connectivity index (χ3v) is 2.44. The van der Waals surface area contributed by atoms with Gasteiger partial charge in [0, 0.05) is 0 Å². The van der Waals surface area contributed by atoms with Gasteiger partial charge in [0.1, 0.15) is 5.52 Å². The van der Waals surface area contributed by atoms with Gasteiger partial charge in [0.2, 0.25) is 0 Å². The van der Waals surface area contributed by atoms with E-state index in [2.05, 4.69) is 4.98 Å². The largest absolute Gasteiger partial charge is 0.440 e. The molecule has 0 unspecified atom stereocenters. The summed E-state index contributed by atoms with van der Waals surface area (Å²) in [4.78, 5) is 4.25. The fourth-order valence-electron chi connectivity index (χ4n) is 1.50. The summed E-state index contributed by atoms with van der Waals surface area (Å²) in [6, 6.07) is 8.70. The highest BCUT2D eigenvalue weighted by molar-refractivity contribution is 6.28. The summed E-state index contributed by atoms with van der Waals surface area (Å²) < 4.78 is 10.7. The van der Waals surface area contributed by atoms with Gasteiger partial charge in [-0.3, -0.25) is 0 Å². The average molecular weight is 235 g/mol. The molecule has 0 atom stereocenters. The van der Waals surface area contributed by atoms with Gasteiger partial charge in [-0.25, -0.2) is 4.98 Å². The Bertz CT molecular complexity index is 657. The highest BCUT2D eigenvalue weighted by Gasteiger charge is 2.12. The van der Waals surface area contributed by atoms with Crippen LogP contribution in [0.2, 0.25) is 5.22 Å². The summed E-state index contributed by atoms with van der Waals surface area (Å²) in [5.74, 6) is 0.861. The molecule has 4 nitrogen and oxygen atoms in total. The minimum absolute atomic E-state index is 0.297. The molecule has 2 N–H and O–H groups in total. The van der Waals surface area contributed by atoms with Gasteiger partial charge >= 0.3 is 0 Å². The first-order valence-electron chi connectivity index (χ1n) is 4.65. The molecule has 0 saturated carbocycles. The smallest absolute Gasteiger partial charge is 0.264 e. The third-order valence-electron chi connectivity index (χ3n) is 2.23. The fraction of sp³-hybridized carbons (Fsp3) is 0. The van der Waals surface area contributed by atoms with Gasteiger partial charge in [0.15, 0.2) is 16.6 Å². The third kappa shape index (κ3) is 1.35. The van der Waals surface area contributed by atoms with Crippen LogP contribution in [0.3, 0.4) is 0 Å². The van der Waals surface area contributed by atoms with Crippen molar-refractivity contribution < 1.29 is 8.83 Å². The topological polar surface area (TPSA) is 65.2 Å². The number of aromatic nitrogens is 1. The molecule has 2 aromatic heterocycles. The second-order valence-electron chi connectivity index (χ2n) is 3.32. The molecule has 0 fully saturated rings. The number of oxazole rings is 1. The van der Waals surface area contributed by atoms with Crippen LogP contribution in [0.5, 0.6) is 0 Å². The second kappa shape index (κ2) is 3.28. The molecule has 3 rings (SSSR count). The maximum Gasteiger partial charge on any atom is 0.264 e. The second-order valence-corrected chi connectivity index (χ2v) is 3.69. The van der Waals surface area contributed by atoms with Crippen LogP contribution in [0, 0.1) is 0 Å². The molecule has 0 aliphatic carbocycles. The summed E-state index contributed by atoms with van der Waals surface area (Å²) >= 11 is 5.68. The van der Waals surface area contributed by atoms with Crippen molar-refractivity contribution in [3.05, 3.63) is 35.6 Å². The monoisotopic (exact) mass is 234 g/mol. The molecule has 80 valence electrons. The van der Waals surface area contributed by atoms with E-state index in [1.54, 1.807) is 24.3 Å². The van der Waals surface area contributed by atoms with Crippen molar-refractivity contribution in [3.63, 3.8) is 0 Å². The fourth-order valence-corrected chi connectivity index (χ4v) is 1.65. The summed E-state index contributed by atoms with van der Waals surface area (Å²) in [5.41, 5.74) is 7.60. The molecule has 0 bridgehead atoms. The molecule has 0 aliphatic heterocycles. The predicted molar refractivity (Wildman–Crippen MR) is 61.1 cm³/mol. The van der Waals surface area contributed by atoms with E-state index in [1.165, 1.54) is 0 Å². The number of hydrogen-bond acceptors (Lipinski definition) is 4. The van der Waals surface area contributed by atoms with E-state index < -0.39 is 0 Å². The number of rotatable bonds is 1. The molecule has 0 spiro atoms. The molecule has 2 heterocycles. The molecule has 3 aromatic rings. The Hall–Kier alpha value is -1.94. The van der Waals surface area contributed by atoms with Gasteiger partial charge in [-0.2, -0.15) is 0 Å². The van der Waals surface area contributed by atoms with E-state index >= 15 is 0 Å². The standard InChI is InChI=1S/C11H7ClN2O2/c12-9-5-4-8(15-9)11-14-10-6(13)2-1-3-7(10)16-11/h1-5H,13H2. The Morgan fingerprint density at radius 1 is 1.12 bits per heavy atom. The Kier molecular flexibility index (Phi) is 1.91. The molecule has 0 radical (unpaired) electrons. The lowest BCUT2D eigenvalue weighted by atomic mass is 10.3. The van der Waals surface area contributed by atoms with Crippen molar-refractivity contribution in [1.82, 2.24) is 4.98 Å². The number of benzene rings is 1. The van der Waals surface area contributed by atoms with Crippen molar-refractivity contribution in [3.8, 4) is 11.7 Å². The first-order chi connectivity index (χ1) is 7.74. The first kappa shape index (κ1) is 9.30. The van der Waals surface area contributed by atoms with Crippen LogP contribution < -0.4 is 5.73 Å². The zero-order valence-electron chi connectivity index (χ0n) is 8.11. The number of nitrogen functional groups attached to an aromatic ring is 1. The number of nitrogens with two attached hydrogens (primary N) is 1.